The van der Waals surface area contributed by atoms with Crippen LogP contribution >= 0.6 is 0 Å². The molecule has 1 unspecified atom stereocenters. The first-order valence-corrected chi connectivity index (χ1v) is 13.9. The second-order valence-electron chi connectivity index (χ2n) is 11.0. The van der Waals surface area contributed by atoms with Crippen molar-refractivity contribution in [3.63, 3.8) is 0 Å². The molecule has 0 spiro atoms. The van der Waals surface area contributed by atoms with Crippen LogP contribution in [0.25, 0.3) is 10.9 Å². The lowest BCUT2D eigenvalue weighted by molar-refractivity contribution is -0.122. The van der Waals surface area contributed by atoms with Crippen molar-refractivity contribution in [2.45, 2.75) is 88.8 Å². The number of hydrogen-bond acceptors (Lipinski definition) is 3. The van der Waals surface area contributed by atoms with E-state index in [1.54, 1.807) is 7.11 Å². The molecule has 1 atom stereocenters. The third-order valence-corrected chi connectivity index (χ3v) is 8.40. The van der Waals surface area contributed by atoms with E-state index in [1.807, 2.05) is 12.1 Å². The third kappa shape index (κ3) is 5.78. The number of fused-ring (bicyclic) bond motifs is 1. The van der Waals surface area contributed by atoms with E-state index >= 15 is 0 Å². The highest BCUT2D eigenvalue weighted by Crippen LogP contribution is 2.37. The SMILES string of the molecule is COc1cccc(C(CC(=O)N[C@H]2CC[C@H](N)CC2)c2cn(CC3CCCCC3)c3ccccc23)c1. The molecule has 36 heavy (non-hydrogen) atoms. The molecule has 0 radical (unpaired) electrons. The van der Waals surface area contributed by atoms with Crippen LogP contribution in [0.3, 0.4) is 0 Å². The van der Waals surface area contributed by atoms with Crippen molar-refractivity contribution in [3.8, 4) is 5.75 Å². The van der Waals surface area contributed by atoms with Gasteiger partial charge in [0.15, 0.2) is 0 Å². The Morgan fingerprint density at radius 2 is 1.81 bits per heavy atom. The Bertz CT molecular complexity index is 1160. The molecule has 2 aliphatic rings. The van der Waals surface area contributed by atoms with Gasteiger partial charge in [-0.1, -0.05) is 49.6 Å². The zero-order valence-electron chi connectivity index (χ0n) is 21.6. The molecule has 2 aliphatic carbocycles. The van der Waals surface area contributed by atoms with Gasteiger partial charge in [0.25, 0.3) is 0 Å². The number of para-hydroxylation sites is 1. The number of nitrogens with two attached hydrogens (primary N) is 1. The molecule has 2 fully saturated rings. The summed E-state index contributed by atoms with van der Waals surface area (Å²) in [6.07, 6.45) is 13.3. The fraction of sp³-hybridized carbons (Fsp3) is 0.516. The molecule has 3 N–H and O–H groups in total. The van der Waals surface area contributed by atoms with Crippen LogP contribution in [-0.4, -0.2) is 29.7 Å². The largest absolute Gasteiger partial charge is 0.497 e. The first-order valence-electron chi connectivity index (χ1n) is 13.9. The highest BCUT2D eigenvalue weighted by atomic mass is 16.5. The van der Waals surface area contributed by atoms with E-state index in [0.717, 1.165) is 49.5 Å². The smallest absolute Gasteiger partial charge is 0.221 e. The van der Waals surface area contributed by atoms with E-state index in [0.29, 0.717) is 6.42 Å². The summed E-state index contributed by atoms with van der Waals surface area (Å²) in [6, 6.07) is 17.4. The lowest BCUT2D eigenvalue weighted by Crippen LogP contribution is -2.40. The molecule has 2 aromatic carbocycles. The van der Waals surface area contributed by atoms with E-state index in [2.05, 4.69) is 52.5 Å². The molecule has 5 heteroatoms. The van der Waals surface area contributed by atoms with Gasteiger partial charge in [0.1, 0.15) is 5.75 Å². The second-order valence-corrected chi connectivity index (χ2v) is 11.0. The van der Waals surface area contributed by atoms with Gasteiger partial charge in [-0.2, -0.15) is 0 Å². The number of amides is 1. The van der Waals surface area contributed by atoms with Crippen LogP contribution in [0.4, 0.5) is 0 Å². The van der Waals surface area contributed by atoms with Gasteiger partial charge in [0.05, 0.1) is 7.11 Å². The number of benzene rings is 2. The Kier molecular flexibility index (Phi) is 7.96. The van der Waals surface area contributed by atoms with Gasteiger partial charge >= 0.3 is 0 Å². The number of carbonyl (C=O) groups excluding carboxylic acids is 1. The summed E-state index contributed by atoms with van der Waals surface area (Å²) >= 11 is 0. The monoisotopic (exact) mass is 487 g/mol. The van der Waals surface area contributed by atoms with Crippen LogP contribution in [0.15, 0.2) is 54.7 Å². The highest BCUT2D eigenvalue weighted by molar-refractivity contribution is 5.86. The average molecular weight is 488 g/mol. The zero-order valence-corrected chi connectivity index (χ0v) is 21.6. The first kappa shape index (κ1) is 24.9. The summed E-state index contributed by atoms with van der Waals surface area (Å²) < 4.78 is 8.01. The maximum Gasteiger partial charge on any atom is 0.221 e. The lowest BCUT2D eigenvalue weighted by atomic mass is 9.87. The molecule has 5 rings (SSSR count). The number of ether oxygens (including phenoxy) is 1. The molecular weight excluding hydrogens is 446 g/mol. The summed E-state index contributed by atoms with van der Waals surface area (Å²) in [5.41, 5.74) is 9.71. The lowest BCUT2D eigenvalue weighted by Gasteiger charge is -2.27. The van der Waals surface area contributed by atoms with Crippen LogP contribution in [0.2, 0.25) is 0 Å². The van der Waals surface area contributed by atoms with Gasteiger partial charge in [0, 0.05) is 48.1 Å². The van der Waals surface area contributed by atoms with Gasteiger partial charge in [-0.05, 0) is 73.8 Å². The molecule has 0 saturated heterocycles. The van der Waals surface area contributed by atoms with Crippen molar-refractivity contribution in [3.05, 3.63) is 65.9 Å². The molecule has 1 heterocycles. The number of carbonyl (C=O) groups is 1. The predicted octanol–water partition coefficient (Wildman–Crippen LogP) is 6.14. The molecule has 1 aromatic heterocycles. The number of nitrogens with one attached hydrogen (secondary N) is 1. The topological polar surface area (TPSA) is 69.3 Å². The summed E-state index contributed by atoms with van der Waals surface area (Å²) in [7, 11) is 1.70. The van der Waals surface area contributed by atoms with Crippen LogP contribution < -0.4 is 15.8 Å². The number of rotatable bonds is 8. The van der Waals surface area contributed by atoms with Crippen molar-refractivity contribution in [2.75, 3.05) is 7.11 Å². The molecule has 1 amide bonds. The Balaban J connectivity index is 1.46. The van der Waals surface area contributed by atoms with Crippen molar-refractivity contribution < 1.29 is 9.53 Å². The molecule has 192 valence electrons. The van der Waals surface area contributed by atoms with Gasteiger partial charge < -0.3 is 20.4 Å². The Labute approximate surface area is 215 Å². The third-order valence-electron chi connectivity index (χ3n) is 8.40. The predicted molar refractivity (Wildman–Crippen MR) is 146 cm³/mol. The number of methoxy groups -OCH3 is 1. The first-order chi connectivity index (χ1) is 17.6. The van der Waals surface area contributed by atoms with Crippen LogP contribution in [0, 0.1) is 5.92 Å². The maximum absolute atomic E-state index is 13.4. The number of nitrogens with zero attached hydrogens (tertiary/aromatic N) is 1. The van der Waals surface area contributed by atoms with Crippen molar-refractivity contribution >= 4 is 16.8 Å². The van der Waals surface area contributed by atoms with Crippen molar-refractivity contribution in [1.82, 2.24) is 9.88 Å². The fourth-order valence-corrected chi connectivity index (χ4v) is 6.35. The molecular formula is C31H41N3O2. The molecule has 0 aliphatic heterocycles. The van der Waals surface area contributed by atoms with Crippen LogP contribution in [-0.2, 0) is 11.3 Å². The zero-order chi connectivity index (χ0) is 24.9. The van der Waals surface area contributed by atoms with E-state index in [9.17, 15) is 4.79 Å². The Hall–Kier alpha value is -2.79. The van der Waals surface area contributed by atoms with E-state index in [-0.39, 0.29) is 23.9 Å². The van der Waals surface area contributed by atoms with Gasteiger partial charge in [-0.25, -0.2) is 0 Å². The summed E-state index contributed by atoms with van der Waals surface area (Å²) in [4.78, 5) is 13.4. The van der Waals surface area contributed by atoms with E-state index in [4.69, 9.17) is 10.5 Å². The normalized spacial score (nSPS) is 21.8. The average Bonchev–Trinajstić information content (AvgIpc) is 3.27. The molecule has 2 saturated carbocycles. The van der Waals surface area contributed by atoms with Crippen molar-refractivity contribution in [1.29, 1.82) is 0 Å². The quantitative estimate of drug-likeness (QED) is 0.401. The fourth-order valence-electron chi connectivity index (χ4n) is 6.35. The minimum Gasteiger partial charge on any atom is -0.497 e. The van der Waals surface area contributed by atoms with Crippen LogP contribution in [0.5, 0.6) is 5.75 Å². The maximum atomic E-state index is 13.4. The number of hydrogen-bond donors (Lipinski definition) is 2. The summed E-state index contributed by atoms with van der Waals surface area (Å²) in [6.45, 7) is 1.06. The second kappa shape index (κ2) is 11.5. The molecule has 3 aromatic rings. The summed E-state index contributed by atoms with van der Waals surface area (Å²) in [5.74, 6) is 1.64. The van der Waals surface area contributed by atoms with E-state index < -0.39 is 0 Å². The van der Waals surface area contributed by atoms with Gasteiger partial charge in [0.2, 0.25) is 5.91 Å². The van der Waals surface area contributed by atoms with Gasteiger partial charge in [-0.15, -0.1) is 0 Å². The van der Waals surface area contributed by atoms with Crippen LogP contribution in [0.1, 0.15) is 81.3 Å². The van der Waals surface area contributed by atoms with E-state index in [1.165, 1.54) is 48.6 Å². The van der Waals surface area contributed by atoms with Gasteiger partial charge in [-0.3, -0.25) is 4.79 Å². The highest BCUT2D eigenvalue weighted by Gasteiger charge is 2.26. The summed E-state index contributed by atoms with van der Waals surface area (Å²) in [5, 5.41) is 4.57. The Morgan fingerprint density at radius 1 is 1.03 bits per heavy atom. The molecule has 0 bridgehead atoms. The van der Waals surface area contributed by atoms with Crippen molar-refractivity contribution in [2.24, 2.45) is 11.7 Å². The standard InChI is InChI=1S/C31H41N3O2/c1-36-26-11-7-10-23(18-26)28(19-31(35)33-25-16-14-24(32)15-17-25)29-21-34(20-22-8-3-2-4-9-22)30-13-6-5-12-27(29)30/h5-7,10-13,18,21-22,24-25,28H,2-4,8-9,14-17,19-20,32H2,1H3,(H,33,35)/t24-,25-,28?. The minimum absolute atomic E-state index is 0.0385. The molecule has 5 nitrogen and oxygen atoms in total. The minimum atomic E-state index is -0.0385. The Morgan fingerprint density at radius 3 is 2.58 bits per heavy atom. The number of aromatic nitrogens is 1.